The zero-order chi connectivity index (χ0) is 21.0. The molecule has 0 atom stereocenters. The van der Waals surface area contributed by atoms with Gasteiger partial charge in [0, 0.05) is 63.1 Å². The van der Waals surface area contributed by atoms with E-state index >= 15 is 0 Å². The average molecular weight is 418 g/mol. The maximum atomic E-state index is 12.4. The molecule has 4 heterocycles. The van der Waals surface area contributed by atoms with Gasteiger partial charge in [-0.25, -0.2) is 4.52 Å². The molecule has 0 spiro atoms. The lowest BCUT2D eigenvalue weighted by atomic mass is 9.87. The van der Waals surface area contributed by atoms with E-state index in [1.807, 2.05) is 27.7 Å². The van der Waals surface area contributed by atoms with Crippen molar-refractivity contribution in [3.05, 3.63) is 54.4 Å². The molecule has 2 aliphatic heterocycles. The molecule has 31 heavy (non-hydrogen) atoms. The Hall–Kier alpha value is -2.90. The summed E-state index contributed by atoms with van der Waals surface area (Å²) >= 11 is 0. The van der Waals surface area contributed by atoms with Crippen LogP contribution in [0.3, 0.4) is 0 Å². The number of hydrogen-bond acceptors (Lipinski definition) is 5. The number of anilines is 1. The molecule has 0 bridgehead atoms. The molecule has 2 N–H and O–H groups in total. The largest absolute Gasteiger partial charge is 0.382 e. The molecule has 160 valence electrons. The summed E-state index contributed by atoms with van der Waals surface area (Å²) in [6, 6.07) is 12.4. The number of aliphatic hydroxyl groups is 1. The number of piperazine rings is 1. The number of nitrogens with zero attached hydrogens (tertiary/aromatic N) is 4. The quantitative estimate of drug-likeness (QED) is 0.678. The molecule has 1 aromatic carbocycles. The van der Waals surface area contributed by atoms with E-state index in [1.165, 1.54) is 0 Å². The maximum absolute atomic E-state index is 12.4. The Kier molecular flexibility index (Phi) is 4.30. The Morgan fingerprint density at radius 1 is 1.03 bits per heavy atom. The van der Waals surface area contributed by atoms with Gasteiger partial charge in [-0.2, -0.15) is 5.10 Å². The molecule has 3 fully saturated rings. The number of amides is 1. The van der Waals surface area contributed by atoms with Crippen molar-refractivity contribution in [1.82, 2.24) is 19.8 Å². The fourth-order valence-corrected chi connectivity index (χ4v) is 4.72. The third-order valence-electron chi connectivity index (χ3n) is 6.94. The summed E-state index contributed by atoms with van der Waals surface area (Å²) in [5, 5.41) is 18.2. The number of β-amino-alcohol motifs (C(OH)–C–C–N with tert-alkyl or cyclic N) is 1. The number of fused-ring (bicyclic) bond motifs is 1. The normalized spacial score (nSPS) is 20.7. The molecule has 1 aliphatic carbocycles. The number of rotatable bonds is 4. The van der Waals surface area contributed by atoms with E-state index in [2.05, 4.69) is 45.8 Å². The molecule has 1 amide bonds. The van der Waals surface area contributed by atoms with Crippen molar-refractivity contribution in [2.24, 2.45) is 5.92 Å². The molecule has 7 heteroatoms. The van der Waals surface area contributed by atoms with E-state index in [-0.39, 0.29) is 0 Å². The summed E-state index contributed by atoms with van der Waals surface area (Å²) in [7, 11) is 0. The van der Waals surface area contributed by atoms with Gasteiger partial charge in [0.1, 0.15) is 5.60 Å². The number of aromatic nitrogens is 2. The van der Waals surface area contributed by atoms with E-state index in [1.54, 1.807) is 0 Å². The second-order valence-corrected chi connectivity index (χ2v) is 9.07. The van der Waals surface area contributed by atoms with Crippen LogP contribution in [-0.4, -0.2) is 64.8 Å². The molecule has 2 saturated heterocycles. The topological polar surface area (TPSA) is 73.1 Å². The predicted octanol–water partition coefficient (Wildman–Crippen LogP) is 1.85. The van der Waals surface area contributed by atoms with Crippen molar-refractivity contribution in [3.8, 4) is 11.1 Å². The summed E-state index contributed by atoms with van der Waals surface area (Å²) in [5.41, 5.74) is 4.67. The van der Waals surface area contributed by atoms with E-state index in [0.717, 1.165) is 66.9 Å². The Bertz CT molecular complexity index is 1120. The van der Waals surface area contributed by atoms with Crippen LogP contribution in [-0.2, 0) is 10.4 Å². The van der Waals surface area contributed by atoms with Gasteiger partial charge >= 0.3 is 0 Å². The molecule has 7 nitrogen and oxygen atoms in total. The van der Waals surface area contributed by atoms with Gasteiger partial charge in [-0.1, -0.05) is 24.3 Å². The summed E-state index contributed by atoms with van der Waals surface area (Å²) in [4.78, 5) is 16.8. The summed E-state index contributed by atoms with van der Waals surface area (Å²) in [6.45, 7) is 4.48. The first-order valence-electron chi connectivity index (χ1n) is 11.2. The van der Waals surface area contributed by atoms with Gasteiger partial charge < -0.3 is 20.2 Å². The van der Waals surface area contributed by atoms with Crippen molar-refractivity contribution in [1.29, 1.82) is 0 Å². The Balaban J connectivity index is 1.24. The molecular weight excluding hydrogens is 390 g/mol. The molecule has 1 saturated carbocycles. The van der Waals surface area contributed by atoms with Crippen LogP contribution in [0.2, 0.25) is 0 Å². The minimum Gasteiger partial charge on any atom is -0.382 e. The highest BCUT2D eigenvalue weighted by Gasteiger charge is 2.36. The lowest BCUT2D eigenvalue weighted by molar-refractivity contribution is -0.132. The third kappa shape index (κ3) is 3.28. The second-order valence-electron chi connectivity index (χ2n) is 9.07. The van der Waals surface area contributed by atoms with Crippen LogP contribution in [0.4, 0.5) is 5.69 Å². The number of benzene rings is 1. The number of carbonyl (C=O) groups is 1. The summed E-state index contributed by atoms with van der Waals surface area (Å²) in [5.74, 6) is 0.635. The predicted molar refractivity (Wildman–Crippen MR) is 119 cm³/mol. The number of nitrogens with one attached hydrogen (secondary N) is 1. The van der Waals surface area contributed by atoms with Gasteiger partial charge in [-0.15, -0.1) is 0 Å². The molecule has 0 unspecified atom stereocenters. The first-order valence-corrected chi connectivity index (χ1v) is 11.2. The minimum atomic E-state index is -0.734. The van der Waals surface area contributed by atoms with Gasteiger partial charge in [0.2, 0.25) is 5.91 Å². The van der Waals surface area contributed by atoms with E-state index in [0.29, 0.717) is 24.9 Å². The minimum absolute atomic E-state index is 0.292. The standard InChI is InChI=1S/C24H27N5O2/c30-23(18-1-2-18)28-11-9-27(10-12-28)21-7-8-26-29-14-19(13-22(21)29)17-3-5-20(6-4-17)24(31)15-25-16-24/h3-8,13-14,18,25,31H,1-2,9-12,15-16H2. The lowest BCUT2D eigenvalue weighted by Gasteiger charge is -2.38. The van der Waals surface area contributed by atoms with Crippen LogP contribution >= 0.6 is 0 Å². The van der Waals surface area contributed by atoms with Crippen molar-refractivity contribution in [2.75, 3.05) is 44.2 Å². The molecule has 3 aromatic rings. The van der Waals surface area contributed by atoms with Gasteiger partial charge in [0.25, 0.3) is 0 Å². The Morgan fingerprint density at radius 3 is 2.42 bits per heavy atom. The van der Waals surface area contributed by atoms with Gasteiger partial charge in [0.15, 0.2) is 0 Å². The Morgan fingerprint density at radius 2 is 1.77 bits per heavy atom. The molecule has 6 rings (SSSR count). The second kappa shape index (κ2) is 7.07. The molecule has 2 aromatic heterocycles. The zero-order valence-electron chi connectivity index (χ0n) is 17.5. The number of carbonyl (C=O) groups excluding carboxylic acids is 1. The number of hydrogen-bond donors (Lipinski definition) is 2. The SMILES string of the molecule is O=C(C1CC1)N1CCN(c2ccnn3cc(-c4ccc(C5(O)CNC5)cc4)cc23)CC1. The van der Waals surface area contributed by atoms with Crippen molar-refractivity contribution < 1.29 is 9.90 Å². The van der Waals surface area contributed by atoms with Crippen LogP contribution in [0, 0.1) is 5.92 Å². The summed E-state index contributed by atoms with van der Waals surface area (Å²) in [6.07, 6.45) is 6.03. The van der Waals surface area contributed by atoms with E-state index in [9.17, 15) is 9.90 Å². The van der Waals surface area contributed by atoms with Crippen LogP contribution in [0.25, 0.3) is 16.6 Å². The molecular formula is C24H27N5O2. The highest BCUT2D eigenvalue weighted by Crippen LogP contribution is 2.33. The van der Waals surface area contributed by atoms with Crippen LogP contribution in [0.1, 0.15) is 18.4 Å². The zero-order valence-corrected chi connectivity index (χ0v) is 17.5. The van der Waals surface area contributed by atoms with Crippen LogP contribution in [0.15, 0.2) is 48.8 Å². The van der Waals surface area contributed by atoms with Crippen molar-refractivity contribution >= 4 is 17.1 Å². The fourth-order valence-electron chi connectivity index (χ4n) is 4.72. The van der Waals surface area contributed by atoms with Crippen molar-refractivity contribution in [3.63, 3.8) is 0 Å². The maximum Gasteiger partial charge on any atom is 0.225 e. The monoisotopic (exact) mass is 417 g/mol. The molecule has 3 aliphatic rings. The Labute approximate surface area is 181 Å². The van der Waals surface area contributed by atoms with Gasteiger partial charge in [-0.05, 0) is 36.1 Å². The third-order valence-corrected chi connectivity index (χ3v) is 6.94. The smallest absolute Gasteiger partial charge is 0.225 e. The van der Waals surface area contributed by atoms with Gasteiger partial charge in [0.05, 0.1) is 11.2 Å². The highest BCUT2D eigenvalue weighted by molar-refractivity contribution is 5.82. The van der Waals surface area contributed by atoms with Gasteiger partial charge in [-0.3, -0.25) is 4.79 Å². The molecule has 0 radical (unpaired) electrons. The average Bonchev–Trinajstić information content (AvgIpc) is 3.55. The fraction of sp³-hybridized carbons (Fsp3) is 0.417. The lowest BCUT2D eigenvalue weighted by Crippen LogP contribution is -2.56. The first-order chi connectivity index (χ1) is 15.1. The van der Waals surface area contributed by atoms with E-state index < -0.39 is 5.60 Å². The van der Waals surface area contributed by atoms with Crippen LogP contribution in [0.5, 0.6) is 0 Å². The summed E-state index contributed by atoms with van der Waals surface area (Å²) < 4.78 is 1.93. The van der Waals surface area contributed by atoms with Crippen molar-refractivity contribution in [2.45, 2.75) is 18.4 Å². The van der Waals surface area contributed by atoms with E-state index in [4.69, 9.17) is 0 Å². The first kappa shape index (κ1) is 18.8. The van der Waals surface area contributed by atoms with Crippen LogP contribution < -0.4 is 10.2 Å². The highest BCUT2D eigenvalue weighted by atomic mass is 16.3.